The largest absolute Gasteiger partial charge is 0.508 e. The summed E-state index contributed by atoms with van der Waals surface area (Å²) < 4.78 is 64.8. The summed E-state index contributed by atoms with van der Waals surface area (Å²) in [5.41, 5.74) is 0.179. The van der Waals surface area contributed by atoms with Crippen molar-refractivity contribution in [1.29, 1.82) is 0 Å². The maximum atomic E-state index is 11.0. The molecule has 2 N–H and O–H groups in total. The summed E-state index contributed by atoms with van der Waals surface area (Å²) in [6.45, 7) is 0. The summed E-state index contributed by atoms with van der Waals surface area (Å²) in [4.78, 5) is 10.2. The maximum absolute atomic E-state index is 11.0. The molecule has 9 heteroatoms. The zero-order chi connectivity index (χ0) is 15.2. The minimum Gasteiger partial charge on any atom is -0.508 e. The van der Waals surface area contributed by atoms with Gasteiger partial charge in [-0.15, -0.1) is 0 Å². The number of carbonyl (C=O) groups is 1. The zero-order valence-electron chi connectivity index (χ0n) is 8.88. The maximum Gasteiger partial charge on any atom is 0.448 e. The van der Waals surface area contributed by atoms with Gasteiger partial charge in [0, 0.05) is 0 Å². The molecule has 0 unspecified atom stereocenters. The van der Waals surface area contributed by atoms with E-state index in [-0.39, 0.29) is 11.3 Å². The molecule has 0 aliphatic carbocycles. The molecule has 1 aromatic carbocycles. The first-order valence-corrected chi connectivity index (χ1v) is 4.36. The fourth-order valence-corrected chi connectivity index (χ4v) is 0.711. The average molecular weight is 288 g/mol. The van der Waals surface area contributed by atoms with Crippen LogP contribution < -0.4 is 0 Å². The Morgan fingerprint density at radius 2 is 1.42 bits per heavy atom. The van der Waals surface area contributed by atoms with Crippen molar-refractivity contribution in [1.82, 2.24) is 0 Å². The minimum atomic E-state index is -5.56. The predicted octanol–water partition coefficient (Wildman–Crippen LogP) is 3.72. The number of benzene rings is 1. The van der Waals surface area contributed by atoms with E-state index in [0.717, 1.165) is 0 Å². The Bertz CT molecular complexity index is 459. The highest BCUT2D eigenvalue weighted by Gasteiger charge is 2.38. The normalized spacial score (nSPS) is 10.2. The van der Waals surface area contributed by atoms with Crippen molar-refractivity contribution in [2.24, 2.45) is 0 Å². The molecular formula is C10H6F6O3. The minimum absolute atomic E-state index is 0.0741. The molecule has 0 atom stereocenters. The van der Waals surface area contributed by atoms with E-state index >= 15 is 0 Å². The van der Waals surface area contributed by atoms with Crippen molar-refractivity contribution >= 4 is 5.97 Å². The van der Waals surface area contributed by atoms with Crippen LogP contribution in [0, 0.1) is 0 Å². The van der Waals surface area contributed by atoms with Gasteiger partial charge in [0.2, 0.25) is 0 Å². The van der Waals surface area contributed by atoms with Crippen LogP contribution in [0.25, 0.3) is 0 Å². The second kappa shape index (κ2) is 6.66. The van der Waals surface area contributed by atoms with Crippen molar-refractivity contribution in [2.75, 3.05) is 0 Å². The molecule has 1 rings (SSSR count). The van der Waals surface area contributed by atoms with Crippen LogP contribution in [0.4, 0.5) is 26.3 Å². The van der Waals surface area contributed by atoms with Crippen LogP contribution in [-0.2, 0) is 0 Å². The Labute approximate surface area is 102 Å². The molecule has 1 aromatic rings. The molecule has 19 heavy (non-hydrogen) atoms. The van der Waals surface area contributed by atoms with Gasteiger partial charge < -0.3 is 10.2 Å². The molecule has 0 fully saturated rings. The smallest absolute Gasteiger partial charge is 0.448 e. The summed E-state index contributed by atoms with van der Waals surface area (Å²) in [5, 5.41) is 17.1. The van der Waals surface area contributed by atoms with Gasteiger partial charge in [0.25, 0.3) is 5.83 Å². The summed E-state index contributed by atoms with van der Waals surface area (Å²) in [7, 11) is 0. The van der Waals surface area contributed by atoms with Gasteiger partial charge in [-0.3, -0.25) is 0 Å². The number of allylic oxidation sites excluding steroid dienone is 1. The van der Waals surface area contributed by atoms with Gasteiger partial charge in [-0.2, -0.15) is 26.3 Å². The van der Waals surface area contributed by atoms with E-state index in [1.807, 2.05) is 0 Å². The van der Waals surface area contributed by atoms with Gasteiger partial charge in [-0.1, -0.05) is 0 Å². The lowest BCUT2D eigenvalue weighted by atomic mass is 10.2. The van der Waals surface area contributed by atoms with Crippen molar-refractivity contribution in [3.05, 3.63) is 41.7 Å². The first-order chi connectivity index (χ1) is 8.55. The third-order valence-electron chi connectivity index (χ3n) is 1.53. The van der Waals surface area contributed by atoms with Crippen molar-refractivity contribution in [3.63, 3.8) is 0 Å². The van der Waals surface area contributed by atoms with Crippen LogP contribution in [0.5, 0.6) is 5.75 Å². The van der Waals surface area contributed by atoms with Crippen molar-refractivity contribution < 1.29 is 41.4 Å². The highest BCUT2D eigenvalue weighted by molar-refractivity contribution is 5.87. The van der Waals surface area contributed by atoms with Crippen molar-refractivity contribution in [2.45, 2.75) is 6.18 Å². The lowest BCUT2D eigenvalue weighted by molar-refractivity contribution is -0.113. The number of halogens is 6. The Morgan fingerprint density at radius 1 is 1.00 bits per heavy atom. The quantitative estimate of drug-likeness (QED) is 0.774. The Morgan fingerprint density at radius 3 is 1.63 bits per heavy atom. The number of hydrogen-bond donors (Lipinski definition) is 2. The van der Waals surface area contributed by atoms with E-state index in [0.29, 0.717) is 0 Å². The van der Waals surface area contributed by atoms with Gasteiger partial charge in [0.1, 0.15) is 5.75 Å². The first-order valence-electron chi connectivity index (χ1n) is 4.36. The molecule has 0 spiro atoms. The number of aromatic hydroxyl groups is 1. The molecule has 0 aromatic heterocycles. The predicted molar refractivity (Wildman–Crippen MR) is 51.5 cm³/mol. The monoisotopic (exact) mass is 288 g/mol. The molecule has 0 radical (unpaired) electrons. The van der Waals surface area contributed by atoms with E-state index in [9.17, 15) is 31.1 Å². The molecule has 0 saturated carbocycles. The SMILES string of the molecule is FC(F)=C(F)C(F)(F)F.O=C(O)c1ccc(O)cc1. The summed E-state index contributed by atoms with van der Waals surface area (Å²) in [6.07, 6.45) is -8.90. The fraction of sp³-hybridized carbons (Fsp3) is 0.100. The molecule has 0 amide bonds. The zero-order valence-corrected chi connectivity index (χ0v) is 8.88. The van der Waals surface area contributed by atoms with Gasteiger partial charge in [0.05, 0.1) is 5.56 Å². The first kappa shape index (κ1) is 16.8. The standard InChI is InChI=1S/C7H6O3.C3F6/c8-6-3-1-5(2-4-6)7(9)10;4-1(2(5)6)3(7,8)9/h1-4,8H,(H,9,10);. The molecule has 0 bridgehead atoms. The van der Waals surface area contributed by atoms with Crippen LogP contribution in [0.2, 0.25) is 0 Å². The molecule has 0 aliphatic rings. The van der Waals surface area contributed by atoms with E-state index in [2.05, 4.69) is 0 Å². The van der Waals surface area contributed by atoms with Crippen molar-refractivity contribution in [3.8, 4) is 5.75 Å². The second-order valence-corrected chi connectivity index (χ2v) is 2.92. The number of rotatable bonds is 1. The number of alkyl halides is 3. The van der Waals surface area contributed by atoms with E-state index in [1.165, 1.54) is 24.3 Å². The number of carboxylic acids is 1. The highest BCUT2D eigenvalue weighted by atomic mass is 19.4. The van der Waals surface area contributed by atoms with Gasteiger partial charge in [-0.25, -0.2) is 4.79 Å². The Balaban J connectivity index is 0.000000344. The summed E-state index contributed by atoms with van der Waals surface area (Å²) in [5.74, 6) is -4.24. The third-order valence-corrected chi connectivity index (χ3v) is 1.53. The van der Waals surface area contributed by atoms with Crippen LogP contribution in [0.3, 0.4) is 0 Å². The number of hydrogen-bond acceptors (Lipinski definition) is 2. The molecule has 3 nitrogen and oxygen atoms in total. The lowest BCUT2D eigenvalue weighted by Gasteiger charge is -1.98. The Hall–Kier alpha value is -2.19. The molecule has 0 aliphatic heterocycles. The highest BCUT2D eigenvalue weighted by Crippen LogP contribution is 2.29. The summed E-state index contributed by atoms with van der Waals surface area (Å²) >= 11 is 0. The molecule has 0 heterocycles. The number of phenols is 1. The van der Waals surface area contributed by atoms with Crippen LogP contribution in [0.15, 0.2) is 36.2 Å². The number of phenolic OH excluding ortho intramolecular Hbond substituents is 1. The van der Waals surface area contributed by atoms with E-state index < -0.39 is 24.1 Å². The average Bonchev–Trinajstić information content (AvgIpc) is 2.28. The van der Waals surface area contributed by atoms with E-state index in [4.69, 9.17) is 10.2 Å². The fourth-order valence-electron chi connectivity index (χ4n) is 0.711. The van der Waals surface area contributed by atoms with Crippen LogP contribution in [0.1, 0.15) is 10.4 Å². The Kier molecular flexibility index (Phi) is 5.90. The third kappa shape index (κ3) is 6.34. The van der Waals surface area contributed by atoms with E-state index in [1.54, 1.807) is 0 Å². The van der Waals surface area contributed by atoms with Gasteiger partial charge >= 0.3 is 18.2 Å². The topological polar surface area (TPSA) is 57.5 Å². The lowest BCUT2D eigenvalue weighted by Crippen LogP contribution is -2.08. The van der Waals surface area contributed by atoms with Gasteiger partial charge in [0.15, 0.2) is 0 Å². The number of aromatic carboxylic acids is 1. The van der Waals surface area contributed by atoms with Crippen LogP contribution in [-0.4, -0.2) is 22.4 Å². The van der Waals surface area contributed by atoms with Crippen LogP contribution >= 0.6 is 0 Å². The summed E-state index contributed by atoms with van der Waals surface area (Å²) in [6, 6.07) is 5.36. The molecular weight excluding hydrogens is 282 g/mol. The second-order valence-electron chi connectivity index (χ2n) is 2.92. The van der Waals surface area contributed by atoms with Gasteiger partial charge in [-0.05, 0) is 24.3 Å². The number of carboxylic acid groups (broad SMARTS) is 1. The molecule has 106 valence electrons. The molecule has 0 saturated heterocycles.